The van der Waals surface area contributed by atoms with Gasteiger partial charge in [0, 0.05) is 21.3 Å². The first kappa shape index (κ1) is 16.4. The molecule has 1 aliphatic rings. The molecule has 0 radical (unpaired) electrons. The quantitative estimate of drug-likeness (QED) is 0.613. The minimum Gasteiger partial charge on any atom is -0.448 e. The number of hydrogen-bond donors (Lipinski definition) is 1. The van der Waals surface area contributed by atoms with Crippen LogP contribution in [0.3, 0.4) is 0 Å². The Bertz CT molecular complexity index is 907. The van der Waals surface area contributed by atoms with E-state index in [1.807, 2.05) is 48.5 Å². The fourth-order valence-corrected chi connectivity index (χ4v) is 3.50. The Morgan fingerprint density at radius 3 is 2.80 bits per heavy atom. The minimum absolute atomic E-state index is 0.349. The third kappa shape index (κ3) is 3.34. The van der Waals surface area contributed by atoms with Crippen molar-refractivity contribution in [2.24, 2.45) is 0 Å². The predicted molar refractivity (Wildman–Crippen MR) is 103 cm³/mol. The van der Waals surface area contributed by atoms with E-state index in [0.717, 1.165) is 27.0 Å². The average molecular weight is 415 g/mol. The zero-order chi connectivity index (χ0) is 17.2. The van der Waals surface area contributed by atoms with E-state index in [4.69, 9.17) is 4.74 Å². The summed E-state index contributed by atoms with van der Waals surface area (Å²) in [6, 6.07) is 16.0. The molecule has 0 saturated heterocycles. The van der Waals surface area contributed by atoms with E-state index < -0.39 is 0 Å². The Hall–Kier alpha value is -2.12. The normalized spacial score (nSPS) is 15.4. The van der Waals surface area contributed by atoms with Gasteiger partial charge in [0.05, 0.1) is 0 Å². The maximum absolute atomic E-state index is 6.20. The number of nitrogens with one attached hydrogen (secondary N) is 1. The summed E-state index contributed by atoms with van der Waals surface area (Å²) in [6.45, 7) is 2.06. The molecule has 7 heteroatoms. The van der Waals surface area contributed by atoms with E-state index in [-0.39, 0.29) is 6.23 Å². The molecule has 1 atom stereocenters. The van der Waals surface area contributed by atoms with Gasteiger partial charge in [0.1, 0.15) is 0 Å². The number of hydrogen-bond acceptors (Lipinski definition) is 6. The van der Waals surface area contributed by atoms with Crippen LogP contribution in [-0.4, -0.2) is 20.9 Å². The molecule has 1 aromatic heterocycles. The molecule has 25 heavy (non-hydrogen) atoms. The standard InChI is InChI=1S/C18H15BrN4OS/c1-2-25-18-21-17-15(22-23-18)13-10-12(19)8-9-14(13)20-16(24-17)11-6-4-3-5-7-11/h3-10,16,20H,2H2,1H3/t16-/m1/s1. The molecule has 1 N–H and O–H groups in total. The summed E-state index contributed by atoms with van der Waals surface area (Å²) in [5.74, 6) is 1.37. The number of ether oxygens (including phenoxy) is 1. The van der Waals surface area contributed by atoms with Gasteiger partial charge in [-0.3, -0.25) is 0 Å². The lowest BCUT2D eigenvalue weighted by atomic mass is 10.1. The van der Waals surface area contributed by atoms with Gasteiger partial charge in [-0.2, -0.15) is 4.98 Å². The van der Waals surface area contributed by atoms with Gasteiger partial charge in [-0.05, 0) is 24.0 Å². The highest BCUT2D eigenvalue weighted by atomic mass is 79.9. The van der Waals surface area contributed by atoms with Crippen LogP contribution in [-0.2, 0) is 0 Å². The number of thioether (sulfide) groups is 1. The second-order valence-electron chi connectivity index (χ2n) is 5.42. The van der Waals surface area contributed by atoms with Gasteiger partial charge >= 0.3 is 0 Å². The van der Waals surface area contributed by atoms with Gasteiger partial charge in [-0.15, -0.1) is 10.2 Å². The van der Waals surface area contributed by atoms with Crippen LogP contribution in [0.25, 0.3) is 11.3 Å². The summed E-state index contributed by atoms with van der Waals surface area (Å²) < 4.78 is 7.16. The number of fused-ring (bicyclic) bond motifs is 3. The van der Waals surface area contributed by atoms with Crippen molar-refractivity contribution in [3.63, 3.8) is 0 Å². The van der Waals surface area contributed by atoms with Crippen LogP contribution in [0.2, 0.25) is 0 Å². The van der Waals surface area contributed by atoms with Crippen molar-refractivity contribution >= 4 is 33.4 Å². The molecule has 0 amide bonds. The average Bonchev–Trinajstić information content (AvgIpc) is 2.79. The lowest BCUT2D eigenvalue weighted by Gasteiger charge is -2.19. The monoisotopic (exact) mass is 414 g/mol. The predicted octanol–water partition coefficient (Wildman–Crippen LogP) is 4.92. The maximum Gasteiger partial charge on any atom is 0.247 e. The molecule has 126 valence electrons. The zero-order valence-corrected chi connectivity index (χ0v) is 15.8. The second kappa shape index (κ2) is 7.01. The molecule has 0 unspecified atom stereocenters. The Morgan fingerprint density at radius 1 is 1.16 bits per heavy atom. The van der Waals surface area contributed by atoms with E-state index in [9.17, 15) is 0 Å². The van der Waals surface area contributed by atoms with Crippen molar-refractivity contribution in [1.82, 2.24) is 15.2 Å². The van der Waals surface area contributed by atoms with Gasteiger partial charge in [0.15, 0.2) is 11.9 Å². The Kier molecular flexibility index (Phi) is 4.59. The summed E-state index contributed by atoms with van der Waals surface area (Å²) in [4.78, 5) is 4.58. The lowest BCUT2D eigenvalue weighted by molar-refractivity contribution is 0.225. The smallest absolute Gasteiger partial charge is 0.247 e. The zero-order valence-electron chi connectivity index (χ0n) is 13.4. The molecule has 0 spiro atoms. The van der Waals surface area contributed by atoms with Gasteiger partial charge in [-0.25, -0.2) is 0 Å². The van der Waals surface area contributed by atoms with Crippen LogP contribution >= 0.6 is 27.7 Å². The topological polar surface area (TPSA) is 59.9 Å². The third-order valence-electron chi connectivity index (χ3n) is 3.76. The first-order valence-electron chi connectivity index (χ1n) is 7.90. The number of nitrogens with zero attached hydrogens (tertiary/aromatic N) is 3. The molecule has 0 fully saturated rings. The summed E-state index contributed by atoms with van der Waals surface area (Å²) >= 11 is 5.07. The van der Waals surface area contributed by atoms with Crippen molar-refractivity contribution in [3.8, 4) is 17.1 Å². The van der Waals surface area contributed by atoms with Crippen LogP contribution < -0.4 is 10.1 Å². The molecular weight excluding hydrogens is 400 g/mol. The molecule has 0 aliphatic carbocycles. The van der Waals surface area contributed by atoms with E-state index in [0.29, 0.717) is 16.7 Å². The van der Waals surface area contributed by atoms with E-state index in [1.54, 1.807) is 11.8 Å². The van der Waals surface area contributed by atoms with Crippen molar-refractivity contribution in [1.29, 1.82) is 0 Å². The number of aromatic nitrogens is 3. The van der Waals surface area contributed by atoms with Crippen molar-refractivity contribution in [2.75, 3.05) is 11.1 Å². The van der Waals surface area contributed by atoms with Gasteiger partial charge in [-0.1, -0.05) is 64.9 Å². The number of benzene rings is 2. The van der Waals surface area contributed by atoms with Crippen LogP contribution in [0.4, 0.5) is 5.69 Å². The summed E-state index contributed by atoms with van der Waals surface area (Å²) in [7, 11) is 0. The largest absolute Gasteiger partial charge is 0.448 e. The van der Waals surface area contributed by atoms with Crippen molar-refractivity contribution in [3.05, 3.63) is 58.6 Å². The first-order valence-corrected chi connectivity index (χ1v) is 9.68. The highest BCUT2D eigenvalue weighted by Crippen LogP contribution is 2.40. The van der Waals surface area contributed by atoms with Gasteiger partial charge < -0.3 is 10.1 Å². The number of anilines is 1. The first-order chi connectivity index (χ1) is 12.2. The lowest BCUT2D eigenvalue weighted by Crippen LogP contribution is -2.17. The molecule has 3 aromatic rings. The van der Waals surface area contributed by atoms with Crippen molar-refractivity contribution in [2.45, 2.75) is 18.3 Å². The molecule has 5 nitrogen and oxygen atoms in total. The summed E-state index contributed by atoms with van der Waals surface area (Å²) in [6.07, 6.45) is -0.349. The van der Waals surface area contributed by atoms with Crippen LogP contribution in [0.1, 0.15) is 18.7 Å². The molecule has 0 saturated carbocycles. The molecule has 4 rings (SSSR count). The summed E-state index contributed by atoms with van der Waals surface area (Å²) in [5, 5.41) is 12.7. The Labute approximate surface area is 158 Å². The minimum atomic E-state index is -0.349. The Balaban J connectivity index is 1.86. The van der Waals surface area contributed by atoms with E-state index in [2.05, 4.69) is 43.4 Å². The van der Waals surface area contributed by atoms with E-state index in [1.165, 1.54) is 0 Å². The van der Waals surface area contributed by atoms with Gasteiger partial charge in [0.2, 0.25) is 11.0 Å². The van der Waals surface area contributed by atoms with Gasteiger partial charge in [0.25, 0.3) is 0 Å². The molecule has 0 bridgehead atoms. The Morgan fingerprint density at radius 2 is 2.00 bits per heavy atom. The SMILES string of the molecule is CCSc1nnc2c(n1)O[C@H](c1ccccc1)Nc1ccc(Br)cc1-2. The van der Waals surface area contributed by atoms with Crippen LogP contribution in [0, 0.1) is 0 Å². The fourth-order valence-electron chi connectivity index (χ4n) is 2.64. The molecule has 2 heterocycles. The van der Waals surface area contributed by atoms with Crippen LogP contribution in [0.5, 0.6) is 5.88 Å². The highest BCUT2D eigenvalue weighted by molar-refractivity contribution is 9.10. The molecule has 2 aromatic carbocycles. The number of rotatable bonds is 3. The second-order valence-corrected chi connectivity index (χ2v) is 7.57. The molecule has 1 aliphatic heterocycles. The van der Waals surface area contributed by atoms with Crippen LogP contribution in [0.15, 0.2) is 58.2 Å². The number of halogens is 1. The maximum atomic E-state index is 6.20. The summed E-state index contributed by atoms with van der Waals surface area (Å²) in [5.41, 5.74) is 3.51. The fraction of sp³-hybridized carbons (Fsp3) is 0.167. The molecular formula is C18H15BrN4OS. The third-order valence-corrected chi connectivity index (χ3v) is 4.98. The van der Waals surface area contributed by atoms with Crippen molar-refractivity contribution < 1.29 is 4.74 Å². The highest BCUT2D eigenvalue weighted by Gasteiger charge is 2.26. The van der Waals surface area contributed by atoms with E-state index >= 15 is 0 Å².